The van der Waals surface area contributed by atoms with Gasteiger partial charge in [-0.3, -0.25) is 14.5 Å². The number of carbonyl (C=O) groups is 2. The number of primary amides is 1. The number of piperidine rings is 1. The molecule has 1 aliphatic rings. The number of hydrogen-bond acceptors (Lipinski definition) is 5. The van der Waals surface area contributed by atoms with E-state index in [1.54, 1.807) is 35.6 Å². The van der Waals surface area contributed by atoms with E-state index < -0.39 is 5.91 Å². The summed E-state index contributed by atoms with van der Waals surface area (Å²) in [5.74, 6) is -0.230. The Morgan fingerprint density at radius 1 is 1.11 bits per heavy atom. The lowest BCUT2D eigenvalue weighted by Gasteiger charge is -2.30. The van der Waals surface area contributed by atoms with Crippen LogP contribution in [0.15, 0.2) is 48.5 Å². The van der Waals surface area contributed by atoms with Gasteiger partial charge in [0.15, 0.2) is 0 Å². The van der Waals surface area contributed by atoms with Crippen LogP contribution in [0, 0.1) is 0 Å². The third kappa shape index (κ3) is 4.05. The summed E-state index contributed by atoms with van der Waals surface area (Å²) in [5, 5.41) is 4.00. The SMILES string of the molecule is NC(=O)c1ccccc1NC(=O)CN1CCC(c2nc3ccccc3s2)CC1. The van der Waals surface area contributed by atoms with E-state index in [0.717, 1.165) is 31.4 Å². The summed E-state index contributed by atoms with van der Waals surface area (Å²) in [6, 6.07) is 15.0. The molecule has 4 rings (SSSR count). The van der Waals surface area contributed by atoms with Crippen LogP contribution < -0.4 is 11.1 Å². The number of aromatic nitrogens is 1. The molecular formula is C21H22N4O2S. The first-order chi connectivity index (χ1) is 13.6. The van der Waals surface area contributed by atoms with Gasteiger partial charge in [0.25, 0.3) is 5.91 Å². The predicted octanol–water partition coefficient (Wildman–Crippen LogP) is 3.21. The average molecular weight is 395 g/mol. The minimum atomic E-state index is -0.549. The van der Waals surface area contributed by atoms with Gasteiger partial charge in [-0.2, -0.15) is 0 Å². The number of nitrogens with zero attached hydrogens (tertiary/aromatic N) is 2. The Balaban J connectivity index is 1.33. The molecular weight excluding hydrogens is 372 g/mol. The number of hydrogen-bond donors (Lipinski definition) is 2. The zero-order valence-electron chi connectivity index (χ0n) is 15.4. The zero-order chi connectivity index (χ0) is 19.5. The summed E-state index contributed by atoms with van der Waals surface area (Å²) in [7, 11) is 0. The number of fused-ring (bicyclic) bond motifs is 1. The van der Waals surface area contributed by atoms with Crippen LogP contribution in [0.4, 0.5) is 5.69 Å². The summed E-state index contributed by atoms with van der Waals surface area (Å²) >= 11 is 1.77. The molecule has 1 aliphatic heterocycles. The highest BCUT2D eigenvalue weighted by atomic mass is 32.1. The van der Waals surface area contributed by atoms with Crippen LogP contribution in [0.25, 0.3) is 10.2 Å². The summed E-state index contributed by atoms with van der Waals surface area (Å²) in [6.45, 7) is 2.01. The van der Waals surface area contributed by atoms with Gasteiger partial charge in [0.2, 0.25) is 5.91 Å². The number of rotatable bonds is 5. The Morgan fingerprint density at radius 2 is 1.82 bits per heavy atom. The van der Waals surface area contributed by atoms with Gasteiger partial charge in [-0.25, -0.2) is 4.98 Å². The summed E-state index contributed by atoms with van der Waals surface area (Å²) in [6.07, 6.45) is 1.98. The second-order valence-corrected chi connectivity index (χ2v) is 8.09. The maximum atomic E-state index is 12.4. The van der Waals surface area contributed by atoms with Crippen molar-refractivity contribution in [3.05, 3.63) is 59.1 Å². The fourth-order valence-corrected chi connectivity index (χ4v) is 4.74. The highest BCUT2D eigenvalue weighted by Crippen LogP contribution is 2.33. The van der Waals surface area contributed by atoms with Gasteiger partial charge < -0.3 is 11.1 Å². The Kier molecular flexibility index (Phi) is 5.36. The Hall–Kier alpha value is -2.77. The van der Waals surface area contributed by atoms with Gasteiger partial charge in [-0.05, 0) is 50.2 Å². The van der Waals surface area contributed by atoms with Crippen molar-refractivity contribution in [2.45, 2.75) is 18.8 Å². The highest BCUT2D eigenvalue weighted by Gasteiger charge is 2.24. The summed E-state index contributed by atoms with van der Waals surface area (Å²) < 4.78 is 1.23. The lowest BCUT2D eigenvalue weighted by molar-refractivity contribution is -0.117. The molecule has 144 valence electrons. The fourth-order valence-electron chi connectivity index (χ4n) is 3.60. The van der Waals surface area contributed by atoms with Gasteiger partial charge in [0.1, 0.15) is 0 Å². The zero-order valence-corrected chi connectivity index (χ0v) is 16.2. The normalized spacial score (nSPS) is 15.6. The Labute approximate surface area is 167 Å². The van der Waals surface area contributed by atoms with Crippen molar-refractivity contribution in [2.75, 3.05) is 25.0 Å². The molecule has 3 aromatic rings. The number of nitrogens with one attached hydrogen (secondary N) is 1. The molecule has 0 spiro atoms. The van der Waals surface area contributed by atoms with E-state index in [1.807, 2.05) is 12.1 Å². The van der Waals surface area contributed by atoms with Gasteiger partial charge in [0, 0.05) is 5.92 Å². The van der Waals surface area contributed by atoms with E-state index in [0.29, 0.717) is 23.7 Å². The molecule has 6 nitrogen and oxygen atoms in total. The molecule has 1 saturated heterocycles. The Morgan fingerprint density at radius 3 is 2.57 bits per heavy atom. The number of amides is 2. The van der Waals surface area contributed by atoms with Gasteiger partial charge in [-0.15, -0.1) is 11.3 Å². The van der Waals surface area contributed by atoms with Crippen LogP contribution in [0.5, 0.6) is 0 Å². The van der Waals surface area contributed by atoms with Crippen molar-refractivity contribution >= 4 is 39.1 Å². The van der Waals surface area contributed by atoms with Crippen molar-refractivity contribution in [3.63, 3.8) is 0 Å². The molecule has 28 heavy (non-hydrogen) atoms. The molecule has 7 heteroatoms. The third-order valence-corrected chi connectivity index (χ3v) is 6.28. The fraction of sp³-hybridized carbons (Fsp3) is 0.286. The van der Waals surface area contributed by atoms with Crippen LogP contribution in [0.2, 0.25) is 0 Å². The van der Waals surface area contributed by atoms with Crippen molar-refractivity contribution < 1.29 is 9.59 Å². The number of nitrogens with two attached hydrogens (primary N) is 1. The van der Waals surface area contributed by atoms with E-state index >= 15 is 0 Å². The van der Waals surface area contributed by atoms with Crippen LogP contribution in [0.1, 0.15) is 34.1 Å². The second kappa shape index (κ2) is 8.08. The molecule has 2 heterocycles. The first kappa shape index (κ1) is 18.6. The molecule has 1 fully saturated rings. The monoisotopic (exact) mass is 394 g/mol. The standard InChI is InChI=1S/C21H22N4O2S/c22-20(27)15-5-1-2-6-16(15)23-19(26)13-25-11-9-14(10-12-25)21-24-17-7-3-4-8-18(17)28-21/h1-8,14H,9-13H2,(H2,22,27)(H,23,26). The first-order valence-corrected chi connectivity index (χ1v) is 10.2. The van der Waals surface area contributed by atoms with E-state index in [-0.39, 0.29) is 5.91 Å². The van der Waals surface area contributed by atoms with Gasteiger partial charge in [-0.1, -0.05) is 24.3 Å². The number of anilines is 1. The average Bonchev–Trinajstić information content (AvgIpc) is 3.13. The van der Waals surface area contributed by atoms with Crippen molar-refractivity contribution in [1.82, 2.24) is 9.88 Å². The molecule has 3 N–H and O–H groups in total. The van der Waals surface area contributed by atoms with Crippen molar-refractivity contribution in [1.29, 1.82) is 0 Å². The minimum absolute atomic E-state index is 0.132. The Bertz CT molecular complexity index is 975. The summed E-state index contributed by atoms with van der Waals surface area (Å²) in [4.78, 5) is 30.8. The molecule has 0 atom stereocenters. The maximum Gasteiger partial charge on any atom is 0.250 e. The topological polar surface area (TPSA) is 88.3 Å². The maximum absolute atomic E-state index is 12.4. The number of para-hydroxylation sites is 2. The molecule has 0 radical (unpaired) electrons. The number of benzene rings is 2. The van der Waals surface area contributed by atoms with Crippen LogP contribution in [-0.4, -0.2) is 41.3 Å². The predicted molar refractivity (Wildman–Crippen MR) is 112 cm³/mol. The summed E-state index contributed by atoms with van der Waals surface area (Å²) in [5.41, 5.74) is 7.22. The number of carbonyl (C=O) groups excluding carboxylic acids is 2. The molecule has 0 saturated carbocycles. The highest BCUT2D eigenvalue weighted by molar-refractivity contribution is 7.18. The van der Waals surface area contributed by atoms with E-state index in [1.165, 1.54) is 9.71 Å². The van der Waals surface area contributed by atoms with Crippen molar-refractivity contribution in [3.8, 4) is 0 Å². The molecule has 0 aliphatic carbocycles. The van der Waals surface area contributed by atoms with Crippen LogP contribution >= 0.6 is 11.3 Å². The third-order valence-electron chi connectivity index (χ3n) is 5.08. The van der Waals surface area contributed by atoms with E-state index in [9.17, 15) is 9.59 Å². The van der Waals surface area contributed by atoms with E-state index in [4.69, 9.17) is 10.7 Å². The smallest absolute Gasteiger partial charge is 0.250 e. The second-order valence-electron chi connectivity index (χ2n) is 7.03. The van der Waals surface area contributed by atoms with Crippen molar-refractivity contribution in [2.24, 2.45) is 5.73 Å². The number of thiazole rings is 1. The minimum Gasteiger partial charge on any atom is -0.366 e. The first-order valence-electron chi connectivity index (χ1n) is 9.36. The molecule has 0 unspecified atom stereocenters. The van der Waals surface area contributed by atoms with Crippen LogP contribution in [0.3, 0.4) is 0 Å². The largest absolute Gasteiger partial charge is 0.366 e. The molecule has 2 amide bonds. The quantitative estimate of drug-likeness (QED) is 0.695. The lowest BCUT2D eigenvalue weighted by Crippen LogP contribution is -2.39. The molecule has 2 aromatic carbocycles. The lowest BCUT2D eigenvalue weighted by atomic mass is 9.97. The molecule has 0 bridgehead atoms. The van der Waals surface area contributed by atoms with Crippen LogP contribution in [-0.2, 0) is 4.79 Å². The van der Waals surface area contributed by atoms with E-state index in [2.05, 4.69) is 22.3 Å². The molecule has 1 aromatic heterocycles. The number of likely N-dealkylation sites (tertiary alicyclic amines) is 1. The van der Waals surface area contributed by atoms with Gasteiger partial charge in [0.05, 0.1) is 33.0 Å². The van der Waals surface area contributed by atoms with Gasteiger partial charge >= 0.3 is 0 Å².